The zero-order valence-corrected chi connectivity index (χ0v) is 13.6. The van der Waals surface area contributed by atoms with Crippen LogP contribution in [0.25, 0.3) is 0 Å². The van der Waals surface area contributed by atoms with E-state index in [1.165, 1.54) is 16.0 Å². The number of hydrogen-bond donors (Lipinski definition) is 0. The lowest BCUT2D eigenvalue weighted by Gasteiger charge is -2.06. The second-order valence-electron chi connectivity index (χ2n) is 4.58. The molecule has 0 aliphatic rings. The van der Waals surface area contributed by atoms with Crippen molar-refractivity contribution in [1.29, 1.82) is 0 Å². The third-order valence-corrected chi connectivity index (χ3v) is 4.83. The first-order chi connectivity index (χ1) is 9.47. The van der Waals surface area contributed by atoms with Crippen molar-refractivity contribution in [3.05, 3.63) is 67.7 Å². The molecule has 0 unspecified atom stereocenters. The van der Waals surface area contributed by atoms with Gasteiger partial charge in [0, 0.05) is 16.7 Å². The van der Waals surface area contributed by atoms with Crippen molar-refractivity contribution < 1.29 is 4.92 Å². The van der Waals surface area contributed by atoms with Gasteiger partial charge in [-0.2, -0.15) is 0 Å². The van der Waals surface area contributed by atoms with Crippen LogP contribution in [0.3, 0.4) is 0 Å². The number of halogens is 1. The Morgan fingerprint density at radius 1 is 1.15 bits per heavy atom. The Labute approximate surface area is 130 Å². The van der Waals surface area contributed by atoms with Crippen molar-refractivity contribution in [2.75, 3.05) is 0 Å². The van der Waals surface area contributed by atoms with Crippen LogP contribution in [0.2, 0.25) is 0 Å². The lowest BCUT2D eigenvalue weighted by atomic mass is 10.1. The molecular formula is C15H14BrNO2S. The molecule has 3 nitrogen and oxygen atoms in total. The van der Waals surface area contributed by atoms with Gasteiger partial charge in [0.1, 0.15) is 0 Å². The molecule has 5 heteroatoms. The molecule has 0 saturated heterocycles. The van der Waals surface area contributed by atoms with Crippen LogP contribution in [0.15, 0.2) is 45.8 Å². The van der Waals surface area contributed by atoms with Crippen molar-refractivity contribution in [3.8, 4) is 0 Å². The van der Waals surface area contributed by atoms with Crippen molar-refractivity contribution in [2.45, 2.75) is 24.5 Å². The first-order valence-corrected chi connectivity index (χ1v) is 7.88. The van der Waals surface area contributed by atoms with Crippen LogP contribution in [0.1, 0.15) is 16.7 Å². The highest BCUT2D eigenvalue weighted by molar-refractivity contribution is 9.10. The van der Waals surface area contributed by atoms with E-state index in [0.717, 1.165) is 11.3 Å². The molecule has 0 bridgehead atoms. The summed E-state index contributed by atoms with van der Waals surface area (Å²) < 4.78 is 0.516. The van der Waals surface area contributed by atoms with Gasteiger partial charge in [0.25, 0.3) is 5.69 Å². The van der Waals surface area contributed by atoms with Crippen molar-refractivity contribution >= 4 is 33.4 Å². The maximum atomic E-state index is 10.9. The molecule has 20 heavy (non-hydrogen) atoms. The van der Waals surface area contributed by atoms with Crippen LogP contribution in [0, 0.1) is 24.0 Å². The van der Waals surface area contributed by atoms with E-state index in [1.807, 2.05) is 6.07 Å². The molecule has 0 fully saturated rings. The van der Waals surface area contributed by atoms with Gasteiger partial charge in [0.15, 0.2) is 0 Å². The predicted octanol–water partition coefficient (Wildman–Crippen LogP) is 5.27. The van der Waals surface area contributed by atoms with Gasteiger partial charge in [-0.15, -0.1) is 11.8 Å². The van der Waals surface area contributed by atoms with Crippen molar-refractivity contribution in [3.63, 3.8) is 0 Å². The van der Waals surface area contributed by atoms with E-state index in [9.17, 15) is 10.1 Å². The van der Waals surface area contributed by atoms with Gasteiger partial charge in [-0.05, 0) is 64.7 Å². The fourth-order valence-electron chi connectivity index (χ4n) is 1.76. The maximum absolute atomic E-state index is 10.9. The number of benzene rings is 2. The Hall–Kier alpha value is -1.33. The van der Waals surface area contributed by atoms with Crippen LogP contribution in [-0.2, 0) is 5.75 Å². The molecule has 0 saturated carbocycles. The molecule has 0 radical (unpaired) electrons. The first-order valence-electron chi connectivity index (χ1n) is 6.10. The Morgan fingerprint density at radius 2 is 1.90 bits per heavy atom. The van der Waals surface area contributed by atoms with Crippen LogP contribution >= 0.6 is 27.7 Å². The highest BCUT2D eigenvalue weighted by Crippen LogP contribution is 2.30. The van der Waals surface area contributed by atoms with Crippen LogP contribution in [-0.4, -0.2) is 4.92 Å². The summed E-state index contributed by atoms with van der Waals surface area (Å²) in [6.45, 7) is 4.17. The molecule has 2 aromatic rings. The molecule has 0 heterocycles. The zero-order valence-electron chi connectivity index (χ0n) is 11.2. The number of aryl methyl sites for hydroxylation is 2. The summed E-state index contributed by atoms with van der Waals surface area (Å²) in [5.74, 6) is 0.719. The maximum Gasteiger partial charge on any atom is 0.283 e. The number of nitro benzene ring substituents is 1. The molecule has 0 aliphatic carbocycles. The average Bonchev–Trinajstić information content (AvgIpc) is 2.41. The highest BCUT2D eigenvalue weighted by Gasteiger charge is 2.12. The molecule has 0 N–H and O–H groups in total. The second kappa shape index (κ2) is 6.41. The molecule has 2 aromatic carbocycles. The van der Waals surface area contributed by atoms with Crippen molar-refractivity contribution in [1.82, 2.24) is 0 Å². The third kappa shape index (κ3) is 3.61. The number of hydrogen-bond acceptors (Lipinski definition) is 3. The smallest absolute Gasteiger partial charge is 0.258 e. The van der Waals surface area contributed by atoms with E-state index in [-0.39, 0.29) is 10.6 Å². The standard InChI is InChI=1S/C15H14BrNO2S/c1-10-3-5-13(7-11(10)2)20-9-12-4-6-14(16)15(8-12)17(18)19/h3-8H,9H2,1-2H3. The molecular weight excluding hydrogens is 338 g/mol. The molecule has 2 rings (SSSR count). The molecule has 0 aliphatic heterocycles. The Morgan fingerprint density at radius 3 is 2.55 bits per heavy atom. The fraction of sp³-hybridized carbons (Fsp3) is 0.200. The van der Waals surface area contributed by atoms with Crippen molar-refractivity contribution in [2.24, 2.45) is 0 Å². The van der Waals surface area contributed by atoms with Gasteiger partial charge in [0.05, 0.1) is 9.40 Å². The van der Waals surface area contributed by atoms with Gasteiger partial charge in [-0.1, -0.05) is 12.1 Å². The summed E-state index contributed by atoms with van der Waals surface area (Å²) in [6, 6.07) is 11.6. The summed E-state index contributed by atoms with van der Waals surface area (Å²) in [6.07, 6.45) is 0. The summed E-state index contributed by atoms with van der Waals surface area (Å²) in [5.41, 5.74) is 3.59. The summed E-state index contributed by atoms with van der Waals surface area (Å²) in [4.78, 5) is 11.7. The van der Waals surface area contributed by atoms with Gasteiger partial charge >= 0.3 is 0 Å². The molecule has 104 valence electrons. The average molecular weight is 352 g/mol. The SMILES string of the molecule is Cc1ccc(SCc2ccc(Br)c([N+](=O)[O-])c2)cc1C. The third-order valence-electron chi connectivity index (χ3n) is 3.09. The largest absolute Gasteiger partial charge is 0.283 e. The molecule has 0 amide bonds. The number of nitro groups is 1. The van der Waals surface area contributed by atoms with Crippen LogP contribution in [0.4, 0.5) is 5.69 Å². The van der Waals surface area contributed by atoms with E-state index < -0.39 is 0 Å². The van der Waals surface area contributed by atoms with E-state index in [4.69, 9.17) is 0 Å². The summed E-state index contributed by atoms with van der Waals surface area (Å²) in [7, 11) is 0. The number of nitrogens with zero attached hydrogens (tertiary/aromatic N) is 1. The number of thioether (sulfide) groups is 1. The normalized spacial score (nSPS) is 10.6. The van der Waals surface area contributed by atoms with Crippen LogP contribution < -0.4 is 0 Å². The minimum atomic E-state index is -0.367. The Kier molecular flexibility index (Phi) is 4.83. The fourth-order valence-corrected chi connectivity index (χ4v) is 3.09. The van der Waals surface area contributed by atoms with E-state index >= 15 is 0 Å². The molecule has 0 spiro atoms. The van der Waals surface area contributed by atoms with Gasteiger partial charge in [-0.3, -0.25) is 10.1 Å². The Balaban J connectivity index is 2.12. The summed E-state index contributed by atoms with van der Waals surface area (Å²) in [5, 5.41) is 10.9. The topological polar surface area (TPSA) is 43.1 Å². The lowest BCUT2D eigenvalue weighted by molar-refractivity contribution is -0.385. The monoisotopic (exact) mass is 351 g/mol. The first kappa shape index (κ1) is 15.1. The van der Waals surface area contributed by atoms with Crippen LogP contribution in [0.5, 0.6) is 0 Å². The van der Waals surface area contributed by atoms with E-state index in [1.54, 1.807) is 23.9 Å². The van der Waals surface area contributed by atoms with E-state index in [0.29, 0.717) is 4.47 Å². The van der Waals surface area contributed by atoms with Gasteiger partial charge < -0.3 is 0 Å². The van der Waals surface area contributed by atoms with Gasteiger partial charge in [-0.25, -0.2) is 0 Å². The van der Waals surface area contributed by atoms with Gasteiger partial charge in [0.2, 0.25) is 0 Å². The Bertz CT molecular complexity index is 658. The quantitative estimate of drug-likeness (QED) is 0.428. The minimum Gasteiger partial charge on any atom is -0.258 e. The van der Waals surface area contributed by atoms with E-state index in [2.05, 4.69) is 48.0 Å². The second-order valence-corrected chi connectivity index (χ2v) is 6.48. The minimum absolute atomic E-state index is 0.114. The molecule has 0 aromatic heterocycles. The number of rotatable bonds is 4. The summed E-state index contributed by atoms with van der Waals surface area (Å²) >= 11 is 4.88. The predicted molar refractivity (Wildman–Crippen MR) is 86.3 cm³/mol. The zero-order chi connectivity index (χ0) is 14.7. The lowest BCUT2D eigenvalue weighted by Crippen LogP contribution is -1.91. The molecule has 0 atom stereocenters. The highest BCUT2D eigenvalue weighted by atomic mass is 79.9.